The SMILES string of the molecule is CCOCCCNC(=O)C1CCN(C(C)C(=O)Nc2ccccc2C(C)C)CC1. The molecule has 1 aliphatic rings. The van der Waals surface area contributed by atoms with Crippen molar-refractivity contribution in [2.24, 2.45) is 5.92 Å². The number of carbonyl (C=O) groups excluding carboxylic acids is 2. The summed E-state index contributed by atoms with van der Waals surface area (Å²) in [6.45, 7) is 11.7. The molecule has 1 saturated heterocycles. The Balaban J connectivity index is 1.78. The minimum Gasteiger partial charge on any atom is -0.382 e. The third-order valence-corrected chi connectivity index (χ3v) is 5.64. The van der Waals surface area contributed by atoms with Crippen LogP contribution < -0.4 is 10.6 Å². The van der Waals surface area contributed by atoms with Gasteiger partial charge in [-0.3, -0.25) is 14.5 Å². The molecule has 1 fully saturated rings. The largest absolute Gasteiger partial charge is 0.382 e. The van der Waals surface area contributed by atoms with Crippen LogP contribution in [0.3, 0.4) is 0 Å². The second-order valence-electron chi connectivity index (χ2n) is 8.06. The van der Waals surface area contributed by atoms with Crippen LogP contribution in [0, 0.1) is 5.92 Å². The molecule has 29 heavy (non-hydrogen) atoms. The highest BCUT2D eigenvalue weighted by molar-refractivity contribution is 5.95. The second-order valence-corrected chi connectivity index (χ2v) is 8.06. The highest BCUT2D eigenvalue weighted by atomic mass is 16.5. The zero-order chi connectivity index (χ0) is 21.2. The molecule has 1 heterocycles. The number of nitrogens with zero attached hydrogens (tertiary/aromatic N) is 1. The van der Waals surface area contributed by atoms with Gasteiger partial charge in [-0.15, -0.1) is 0 Å². The molecule has 1 aromatic carbocycles. The highest BCUT2D eigenvalue weighted by Crippen LogP contribution is 2.25. The molecular formula is C23H37N3O3. The zero-order valence-electron chi connectivity index (χ0n) is 18.4. The van der Waals surface area contributed by atoms with Gasteiger partial charge >= 0.3 is 0 Å². The van der Waals surface area contributed by atoms with Crippen molar-refractivity contribution in [3.63, 3.8) is 0 Å². The summed E-state index contributed by atoms with van der Waals surface area (Å²) in [6.07, 6.45) is 2.42. The number of likely N-dealkylation sites (tertiary alicyclic amines) is 1. The molecule has 1 atom stereocenters. The molecule has 1 aliphatic heterocycles. The van der Waals surface area contributed by atoms with Gasteiger partial charge in [0.05, 0.1) is 6.04 Å². The van der Waals surface area contributed by atoms with Gasteiger partial charge in [0.15, 0.2) is 0 Å². The molecule has 0 radical (unpaired) electrons. The Morgan fingerprint density at radius 3 is 2.52 bits per heavy atom. The summed E-state index contributed by atoms with van der Waals surface area (Å²) >= 11 is 0. The third-order valence-electron chi connectivity index (χ3n) is 5.64. The first-order valence-electron chi connectivity index (χ1n) is 10.9. The summed E-state index contributed by atoms with van der Waals surface area (Å²) in [4.78, 5) is 27.3. The standard InChI is InChI=1S/C23H37N3O3/c1-5-29-16-8-13-24-23(28)19-11-14-26(15-12-19)18(4)22(27)25-21-10-7-6-9-20(21)17(2)3/h6-7,9-10,17-19H,5,8,11-16H2,1-4H3,(H,24,28)(H,25,27). The molecule has 2 rings (SSSR count). The van der Waals surface area contributed by atoms with E-state index in [4.69, 9.17) is 4.74 Å². The lowest BCUT2D eigenvalue weighted by Crippen LogP contribution is -2.48. The number of rotatable bonds is 10. The number of amides is 2. The molecule has 1 aromatic rings. The molecule has 1 unspecified atom stereocenters. The predicted molar refractivity (Wildman–Crippen MR) is 117 cm³/mol. The van der Waals surface area contributed by atoms with Gasteiger partial charge in [-0.05, 0) is 63.7 Å². The fraction of sp³-hybridized carbons (Fsp3) is 0.652. The Hall–Kier alpha value is -1.92. The van der Waals surface area contributed by atoms with E-state index in [1.165, 1.54) is 0 Å². The van der Waals surface area contributed by atoms with Crippen molar-refractivity contribution < 1.29 is 14.3 Å². The minimum absolute atomic E-state index is 0.0110. The second kappa shape index (κ2) is 11.9. The van der Waals surface area contributed by atoms with Crippen LogP contribution in [0.4, 0.5) is 5.69 Å². The number of benzene rings is 1. The lowest BCUT2D eigenvalue weighted by molar-refractivity contribution is -0.127. The summed E-state index contributed by atoms with van der Waals surface area (Å²) in [6, 6.07) is 7.75. The zero-order valence-corrected chi connectivity index (χ0v) is 18.4. The molecular weight excluding hydrogens is 366 g/mol. The van der Waals surface area contributed by atoms with Gasteiger partial charge in [-0.25, -0.2) is 0 Å². The van der Waals surface area contributed by atoms with Crippen molar-refractivity contribution in [1.29, 1.82) is 0 Å². The molecule has 6 heteroatoms. The normalized spacial score (nSPS) is 16.6. The van der Waals surface area contributed by atoms with Gasteiger partial charge in [0.25, 0.3) is 0 Å². The van der Waals surface area contributed by atoms with Crippen molar-refractivity contribution >= 4 is 17.5 Å². The fourth-order valence-corrected chi connectivity index (χ4v) is 3.74. The van der Waals surface area contributed by atoms with Crippen molar-refractivity contribution in [3.05, 3.63) is 29.8 Å². The Morgan fingerprint density at radius 1 is 1.17 bits per heavy atom. The lowest BCUT2D eigenvalue weighted by atomic mass is 9.94. The fourth-order valence-electron chi connectivity index (χ4n) is 3.74. The van der Waals surface area contributed by atoms with Crippen molar-refractivity contribution in [3.8, 4) is 0 Å². The number of ether oxygens (including phenoxy) is 1. The highest BCUT2D eigenvalue weighted by Gasteiger charge is 2.29. The van der Waals surface area contributed by atoms with Crippen LogP contribution in [0.2, 0.25) is 0 Å². The summed E-state index contributed by atoms with van der Waals surface area (Å²) in [5, 5.41) is 6.11. The number of nitrogens with one attached hydrogen (secondary N) is 2. The van der Waals surface area contributed by atoms with E-state index in [9.17, 15) is 9.59 Å². The first-order chi connectivity index (χ1) is 13.9. The molecule has 0 spiro atoms. The number of piperidine rings is 1. The number of para-hydroxylation sites is 1. The van der Waals surface area contributed by atoms with Crippen LogP contribution in [0.5, 0.6) is 0 Å². The van der Waals surface area contributed by atoms with Crippen molar-refractivity contribution in [1.82, 2.24) is 10.2 Å². The number of hydrogen-bond donors (Lipinski definition) is 2. The first kappa shape index (κ1) is 23.4. The lowest BCUT2D eigenvalue weighted by Gasteiger charge is -2.34. The van der Waals surface area contributed by atoms with E-state index in [1.54, 1.807) is 0 Å². The van der Waals surface area contributed by atoms with Gasteiger partial charge < -0.3 is 15.4 Å². The summed E-state index contributed by atoms with van der Waals surface area (Å²) in [5.74, 6) is 0.529. The number of hydrogen-bond acceptors (Lipinski definition) is 4. The van der Waals surface area contributed by atoms with Crippen molar-refractivity contribution in [2.45, 2.75) is 58.9 Å². The van der Waals surface area contributed by atoms with E-state index in [-0.39, 0.29) is 23.8 Å². The third kappa shape index (κ3) is 7.12. The number of carbonyl (C=O) groups is 2. The molecule has 2 N–H and O–H groups in total. The molecule has 162 valence electrons. The maximum Gasteiger partial charge on any atom is 0.241 e. The van der Waals surface area contributed by atoms with Crippen LogP contribution in [-0.2, 0) is 14.3 Å². The Labute approximate surface area is 175 Å². The summed E-state index contributed by atoms with van der Waals surface area (Å²) in [5.41, 5.74) is 2.04. The average molecular weight is 404 g/mol. The van der Waals surface area contributed by atoms with E-state index < -0.39 is 0 Å². The van der Waals surface area contributed by atoms with Crippen LogP contribution in [0.15, 0.2) is 24.3 Å². The topological polar surface area (TPSA) is 70.7 Å². The predicted octanol–water partition coefficient (Wildman–Crippen LogP) is 3.39. The molecule has 0 aliphatic carbocycles. The van der Waals surface area contributed by atoms with Crippen molar-refractivity contribution in [2.75, 3.05) is 38.2 Å². The van der Waals surface area contributed by atoms with E-state index >= 15 is 0 Å². The molecule has 0 saturated carbocycles. The minimum atomic E-state index is -0.217. The maximum atomic E-state index is 12.8. The quantitative estimate of drug-likeness (QED) is 0.588. The van der Waals surface area contributed by atoms with Gasteiger partial charge in [0, 0.05) is 31.4 Å². The Morgan fingerprint density at radius 2 is 1.86 bits per heavy atom. The van der Waals surface area contributed by atoms with E-state index in [1.807, 2.05) is 32.0 Å². The smallest absolute Gasteiger partial charge is 0.241 e. The van der Waals surface area contributed by atoms with Gasteiger partial charge in [0.2, 0.25) is 11.8 Å². The monoisotopic (exact) mass is 403 g/mol. The summed E-state index contributed by atoms with van der Waals surface area (Å²) < 4.78 is 5.29. The van der Waals surface area contributed by atoms with Crippen LogP contribution in [0.25, 0.3) is 0 Å². The van der Waals surface area contributed by atoms with Crippen LogP contribution in [0.1, 0.15) is 58.4 Å². The maximum absolute atomic E-state index is 12.8. The van der Waals surface area contributed by atoms with Gasteiger partial charge in [0.1, 0.15) is 0 Å². The van der Waals surface area contributed by atoms with E-state index in [0.29, 0.717) is 25.7 Å². The van der Waals surface area contributed by atoms with Crippen LogP contribution in [-0.4, -0.2) is 55.6 Å². The number of anilines is 1. The molecule has 0 bridgehead atoms. The Bertz CT molecular complexity index is 655. The molecule has 6 nitrogen and oxygen atoms in total. The van der Waals surface area contributed by atoms with Gasteiger partial charge in [-0.2, -0.15) is 0 Å². The Kier molecular flexibility index (Phi) is 9.61. The first-order valence-corrected chi connectivity index (χ1v) is 10.9. The van der Waals surface area contributed by atoms with E-state index in [0.717, 1.165) is 43.6 Å². The van der Waals surface area contributed by atoms with E-state index in [2.05, 4.69) is 35.4 Å². The molecule has 0 aromatic heterocycles. The summed E-state index contributed by atoms with van der Waals surface area (Å²) in [7, 11) is 0. The molecule has 2 amide bonds. The average Bonchev–Trinajstić information content (AvgIpc) is 2.73. The van der Waals surface area contributed by atoms with Crippen LogP contribution >= 0.6 is 0 Å². The van der Waals surface area contributed by atoms with Gasteiger partial charge in [-0.1, -0.05) is 32.0 Å².